The summed E-state index contributed by atoms with van der Waals surface area (Å²) in [6.45, 7) is 2.42. The predicted octanol–water partition coefficient (Wildman–Crippen LogP) is 0.721. The van der Waals surface area contributed by atoms with Gasteiger partial charge in [0.25, 0.3) is 5.91 Å². The van der Waals surface area contributed by atoms with Gasteiger partial charge in [-0.1, -0.05) is 0 Å². The van der Waals surface area contributed by atoms with Crippen LogP contribution in [0.3, 0.4) is 0 Å². The van der Waals surface area contributed by atoms with Crippen molar-refractivity contribution in [2.75, 3.05) is 31.8 Å². The first kappa shape index (κ1) is 11.7. The van der Waals surface area contributed by atoms with Crippen molar-refractivity contribution in [2.24, 2.45) is 0 Å². The Bertz CT molecular complexity index is 444. The quantitative estimate of drug-likeness (QED) is 0.823. The van der Waals surface area contributed by atoms with E-state index in [2.05, 4.69) is 0 Å². The zero-order chi connectivity index (χ0) is 12.4. The van der Waals surface area contributed by atoms with Gasteiger partial charge in [-0.25, -0.2) is 0 Å². The van der Waals surface area contributed by atoms with Crippen molar-refractivity contribution in [3.63, 3.8) is 0 Å². The van der Waals surface area contributed by atoms with Crippen LogP contribution in [-0.2, 0) is 4.79 Å². The van der Waals surface area contributed by atoms with Gasteiger partial charge >= 0.3 is 0 Å². The van der Waals surface area contributed by atoms with Crippen LogP contribution in [0.2, 0.25) is 0 Å². The van der Waals surface area contributed by atoms with Gasteiger partial charge in [-0.3, -0.25) is 4.79 Å². The van der Waals surface area contributed by atoms with E-state index in [9.17, 15) is 4.79 Å². The minimum atomic E-state index is -0.510. The smallest absolute Gasteiger partial charge is 0.252 e. The van der Waals surface area contributed by atoms with Crippen molar-refractivity contribution in [3.05, 3.63) is 17.7 Å². The second-order valence-electron chi connectivity index (χ2n) is 3.89. The summed E-state index contributed by atoms with van der Waals surface area (Å²) in [5.41, 5.74) is 1.62. The number of hydrogen-bond donors (Lipinski definition) is 1. The van der Waals surface area contributed by atoms with Gasteiger partial charge in [-0.2, -0.15) is 0 Å². The number of carbonyl (C=O) groups is 1. The van der Waals surface area contributed by atoms with Crippen LogP contribution in [0.25, 0.3) is 0 Å². The zero-order valence-corrected chi connectivity index (χ0v) is 9.90. The highest BCUT2D eigenvalue weighted by atomic mass is 16.6. The number of benzene rings is 1. The third-order valence-corrected chi connectivity index (χ3v) is 2.73. The lowest BCUT2D eigenvalue weighted by atomic mass is 10.1. The third-order valence-electron chi connectivity index (χ3n) is 2.73. The number of aliphatic hydroxyl groups excluding tert-OH is 1. The Hall–Kier alpha value is -1.75. The van der Waals surface area contributed by atoms with Crippen molar-refractivity contribution in [1.82, 2.24) is 0 Å². The van der Waals surface area contributed by atoms with Crippen molar-refractivity contribution < 1.29 is 19.4 Å². The fraction of sp³-hybridized carbons (Fsp3) is 0.417. The van der Waals surface area contributed by atoms with Crippen LogP contribution in [0.4, 0.5) is 5.69 Å². The maximum absolute atomic E-state index is 11.4. The number of hydrogen-bond acceptors (Lipinski definition) is 4. The Labute approximate surface area is 99.6 Å². The lowest BCUT2D eigenvalue weighted by Crippen LogP contribution is -2.29. The number of aryl methyl sites for hydroxylation is 1. The van der Waals surface area contributed by atoms with Crippen molar-refractivity contribution in [2.45, 2.75) is 6.92 Å². The summed E-state index contributed by atoms with van der Waals surface area (Å²) in [6.07, 6.45) is 0. The number of ether oxygens (including phenoxy) is 2. The van der Waals surface area contributed by atoms with Crippen molar-refractivity contribution >= 4 is 11.6 Å². The van der Waals surface area contributed by atoms with Gasteiger partial charge in [-0.05, 0) is 18.6 Å². The normalized spacial score (nSPS) is 13.4. The highest BCUT2D eigenvalue weighted by Crippen LogP contribution is 2.36. The summed E-state index contributed by atoms with van der Waals surface area (Å²) in [5.74, 6) is 0.974. The van der Waals surface area contributed by atoms with Gasteiger partial charge in [-0.15, -0.1) is 0 Å². The molecule has 0 atom stereocenters. The van der Waals surface area contributed by atoms with Crippen LogP contribution >= 0.6 is 0 Å². The van der Waals surface area contributed by atoms with Gasteiger partial charge < -0.3 is 19.5 Å². The molecular formula is C12H15NO4. The number of aliphatic hydroxyl groups is 1. The molecule has 92 valence electrons. The largest absolute Gasteiger partial charge is 0.486 e. The Balaban J connectivity index is 2.37. The summed E-state index contributed by atoms with van der Waals surface area (Å²) < 4.78 is 10.9. The van der Waals surface area contributed by atoms with E-state index in [0.29, 0.717) is 30.4 Å². The number of fused-ring (bicyclic) bond motifs is 1. The Morgan fingerprint density at radius 1 is 1.35 bits per heavy atom. The summed E-state index contributed by atoms with van der Waals surface area (Å²) in [6, 6.07) is 3.60. The Kier molecular flexibility index (Phi) is 3.19. The molecule has 1 amide bonds. The van der Waals surface area contributed by atoms with Gasteiger partial charge in [0, 0.05) is 13.1 Å². The van der Waals surface area contributed by atoms with Crippen LogP contribution in [0.15, 0.2) is 12.1 Å². The van der Waals surface area contributed by atoms with Gasteiger partial charge in [0.2, 0.25) is 0 Å². The van der Waals surface area contributed by atoms with E-state index in [-0.39, 0.29) is 5.91 Å². The van der Waals surface area contributed by atoms with Gasteiger partial charge in [0.15, 0.2) is 11.5 Å². The van der Waals surface area contributed by atoms with Crippen molar-refractivity contribution in [3.8, 4) is 11.5 Å². The van der Waals surface area contributed by atoms with Crippen LogP contribution in [-0.4, -0.2) is 37.9 Å². The fourth-order valence-electron chi connectivity index (χ4n) is 1.78. The number of likely N-dealkylation sites (N-methyl/N-ethyl adjacent to an activating group) is 1. The molecule has 0 aliphatic carbocycles. The molecule has 0 aromatic heterocycles. The molecule has 5 heteroatoms. The molecule has 1 N–H and O–H groups in total. The molecule has 0 spiro atoms. The van der Waals surface area contributed by atoms with E-state index in [1.165, 1.54) is 4.90 Å². The van der Waals surface area contributed by atoms with E-state index in [1.807, 2.05) is 13.0 Å². The number of amides is 1. The van der Waals surface area contributed by atoms with Crippen LogP contribution in [0, 0.1) is 6.92 Å². The summed E-state index contributed by atoms with van der Waals surface area (Å²) >= 11 is 0. The average Bonchev–Trinajstić information content (AvgIpc) is 2.36. The van der Waals surface area contributed by atoms with Crippen molar-refractivity contribution in [1.29, 1.82) is 0 Å². The minimum Gasteiger partial charge on any atom is -0.486 e. The molecule has 0 bridgehead atoms. The van der Waals surface area contributed by atoms with E-state index in [4.69, 9.17) is 14.6 Å². The first-order valence-corrected chi connectivity index (χ1v) is 5.41. The topological polar surface area (TPSA) is 59.0 Å². The van der Waals surface area contributed by atoms with Crippen LogP contribution < -0.4 is 14.4 Å². The molecule has 1 aliphatic heterocycles. The van der Waals surface area contributed by atoms with E-state index >= 15 is 0 Å². The SMILES string of the molecule is Cc1cc2c(cc1N(C)C(=O)CO)OCCO2. The standard InChI is InChI=1S/C12H15NO4/c1-8-5-10-11(17-4-3-16-10)6-9(8)13(2)12(15)7-14/h5-6,14H,3-4,7H2,1-2H3. The Morgan fingerprint density at radius 2 is 1.94 bits per heavy atom. The molecule has 0 radical (unpaired) electrons. The van der Waals surface area contributed by atoms with E-state index in [0.717, 1.165) is 5.56 Å². The highest BCUT2D eigenvalue weighted by molar-refractivity contribution is 5.94. The van der Waals surface area contributed by atoms with Crippen LogP contribution in [0.5, 0.6) is 11.5 Å². The predicted molar refractivity (Wildman–Crippen MR) is 62.7 cm³/mol. The summed E-state index contributed by atoms with van der Waals surface area (Å²) in [5, 5.41) is 8.85. The average molecular weight is 237 g/mol. The first-order valence-electron chi connectivity index (χ1n) is 5.41. The maximum Gasteiger partial charge on any atom is 0.252 e. The first-order chi connectivity index (χ1) is 8.13. The highest BCUT2D eigenvalue weighted by Gasteiger charge is 2.18. The maximum atomic E-state index is 11.4. The monoisotopic (exact) mass is 237 g/mol. The lowest BCUT2D eigenvalue weighted by molar-refractivity contribution is -0.120. The molecule has 1 aliphatic rings. The summed E-state index contributed by atoms with van der Waals surface area (Å²) in [7, 11) is 1.62. The molecule has 1 aromatic carbocycles. The fourth-order valence-corrected chi connectivity index (χ4v) is 1.78. The second-order valence-corrected chi connectivity index (χ2v) is 3.89. The Morgan fingerprint density at radius 3 is 2.53 bits per heavy atom. The molecule has 1 aromatic rings. The second kappa shape index (κ2) is 4.63. The molecule has 17 heavy (non-hydrogen) atoms. The lowest BCUT2D eigenvalue weighted by Gasteiger charge is -2.24. The zero-order valence-electron chi connectivity index (χ0n) is 9.90. The van der Waals surface area contributed by atoms with E-state index < -0.39 is 6.61 Å². The van der Waals surface area contributed by atoms with Crippen LogP contribution in [0.1, 0.15) is 5.56 Å². The van der Waals surface area contributed by atoms with Gasteiger partial charge in [0.05, 0.1) is 5.69 Å². The molecule has 0 saturated heterocycles. The molecule has 0 fully saturated rings. The molecular weight excluding hydrogens is 222 g/mol. The number of anilines is 1. The molecule has 0 saturated carbocycles. The summed E-state index contributed by atoms with van der Waals surface area (Å²) in [4.78, 5) is 12.8. The number of nitrogens with zero attached hydrogens (tertiary/aromatic N) is 1. The molecule has 5 nitrogen and oxygen atoms in total. The third kappa shape index (κ3) is 2.19. The number of rotatable bonds is 2. The molecule has 0 unspecified atom stereocenters. The molecule has 1 heterocycles. The van der Waals surface area contributed by atoms with Gasteiger partial charge in [0.1, 0.15) is 19.8 Å². The number of carbonyl (C=O) groups excluding carboxylic acids is 1. The minimum absolute atomic E-state index is 0.357. The molecule has 2 rings (SSSR count). The van der Waals surface area contributed by atoms with E-state index in [1.54, 1.807) is 13.1 Å².